The zero-order valence-electron chi connectivity index (χ0n) is 26.4. The van der Waals surface area contributed by atoms with Gasteiger partial charge in [-0.25, -0.2) is 0 Å². The van der Waals surface area contributed by atoms with Crippen molar-refractivity contribution in [3.63, 3.8) is 0 Å². The van der Waals surface area contributed by atoms with Gasteiger partial charge < -0.3 is 5.32 Å². The Hall–Kier alpha value is -5.40. The van der Waals surface area contributed by atoms with E-state index in [0.29, 0.717) is 5.92 Å². The summed E-state index contributed by atoms with van der Waals surface area (Å²) in [7, 11) is 0. The van der Waals surface area contributed by atoms with Crippen LogP contribution in [0.2, 0.25) is 0 Å². The van der Waals surface area contributed by atoms with Crippen molar-refractivity contribution in [3.8, 4) is 33.4 Å². The first-order valence-corrected chi connectivity index (χ1v) is 16.4. The summed E-state index contributed by atoms with van der Waals surface area (Å²) in [5.41, 5.74) is 12.3. The van der Waals surface area contributed by atoms with E-state index >= 15 is 0 Å². The third kappa shape index (κ3) is 6.50. The number of fused-ring (bicyclic) bond motifs is 1. The lowest BCUT2D eigenvalue weighted by molar-refractivity contribution is 0.633. The molecule has 7 rings (SSSR count). The Morgan fingerprint density at radius 2 is 1.09 bits per heavy atom. The van der Waals surface area contributed by atoms with E-state index < -0.39 is 0 Å². The molecule has 0 fully saturated rings. The number of hydrogen-bond donors (Lipinski definition) is 1. The minimum Gasteiger partial charge on any atom is -0.355 e. The van der Waals surface area contributed by atoms with Crippen LogP contribution in [0.4, 0.5) is 11.4 Å². The zero-order chi connectivity index (χ0) is 31.1. The van der Waals surface area contributed by atoms with E-state index in [1.807, 2.05) is 0 Å². The fourth-order valence-corrected chi connectivity index (χ4v) is 6.57. The second kappa shape index (κ2) is 13.7. The summed E-state index contributed by atoms with van der Waals surface area (Å²) < 4.78 is 0. The van der Waals surface area contributed by atoms with Crippen LogP contribution in [0, 0.1) is 0 Å². The Labute approximate surface area is 273 Å². The van der Waals surface area contributed by atoms with Gasteiger partial charge in [0.05, 0.1) is 0 Å². The van der Waals surface area contributed by atoms with E-state index in [-0.39, 0.29) is 0 Å². The van der Waals surface area contributed by atoms with Crippen molar-refractivity contribution in [2.75, 3.05) is 5.32 Å². The molecule has 0 aliphatic rings. The van der Waals surface area contributed by atoms with Crippen molar-refractivity contribution in [3.05, 3.63) is 181 Å². The monoisotopic (exact) mass is 593 g/mol. The number of para-hydroxylation sites is 1. The van der Waals surface area contributed by atoms with Crippen LogP contribution in [0.3, 0.4) is 0 Å². The summed E-state index contributed by atoms with van der Waals surface area (Å²) in [6.45, 7) is 2.34. The first-order chi connectivity index (χ1) is 22.7. The lowest BCUT2D eigenvalue weighted by atomic mass is 9.89. The van der Waals surface area contributed by atoms with Gasteiger partial charge in [-0.15, -0.1) is 0 Å². The van der Waals surface area contributed by atoms with E-state index in [0.717, 1.165) is 17.8 Å². The highest BCUT2D eigenvalue weighted by Gasteiger charge is 2.16. The molecule has 1 atom stereocenters. The minimum atomic E-state index is 0.593. The number of hydrogen-bond acceptors (Lipinski definition) is 1. The highest BCUT2D eigenvalue weighted by atomic mass is 14.9. The summed E-state index contributed by atoms with van der Waals surface area (Å²) in [5, 5.41) is 6.21. The second-order valence-electron chi connectivity index (χ2n) is 12.2. The summed E-state index contributed by atoms with van der Waals surface area (Å²) in [4.78, 5) is 0. The number of rotatable bonds is 10. The van der Waals surface area contributed by atoms with Gasteiger partial charge in [0.15, 0.2) is 0 Å². The van der Waals surface area contributed by atoms with Crippen molar-refractivity contribution in [2.24, 2.45) is 0 Å². The molecule has 46 heavy (non-hydrogen) atoms. The normalized spacial score (nSPS) is 11.8. The predicted molar refractivity (Wildman–Crippen MR) is 198 cm³/mol. The minimum absolute atomic E-state index is 0.593. The molecule has 0 heterocycles. The van der Waals surface area contributed by atoms with Crippen molar-refractivity contribution in [1.82, 2.24) is 0 Å². The molecule has 224 valence electrons. The molecule has 1 heteroatoms. The number of nitrogens with one attached hydrogen (secondary N) is 1. The van der Waals surface area contributed by atoms with Crippen LogP contribution in [-0.2, 0) is 6.42 Å². The van der Waals surface area contributed by atoms with Crippen LogP contribution < -0.4 is 5.32 Å². The van der Waals surface area contributed by atoms with E-state index in [1.165, 1.54) is 68.1 Å². The molecule has 0 amide bonds. The van der Waals surface area contributed by atoms with Gasteiger partial charge in [-0.3, -0.25) is 0 Å². The molecule has 0 saturated carbocycles. The SMILES string of the molecule is C[C@@H](CCCc1ccc(-c2ccc(-c3cccc(Nc4ccccc4)c3-c3cccc4ccccc34)cc2)cc1)c1ccccc1. The summed E-state index contributed by atoms with van der Waals surface area (Å²) >= 11 is 0. The molecule has 0 bridgehead atoms. The van der Waals surface area contributed by atoms with Gasteiger partial charge in [0.25, 0.3) is 0 Å². The van der Waals surface area contributed by atoms with Crippen LogP contribution in [0.25, 0.3) is 44.2 Å². The zero-order valence-corrected chi connectivity index (χ0v) is 26.4. The molecule has 7 aromatic carbocycles. The quantitative estimate of drug-likeness (QED) is 0.166. The molecule has 1 N–H and O–H groups in total. The Morgan fingerprint density at radius 1 is 0.500 bits per heavy atom. The maximum Gasteiger partial charge on any atom is 0.0470 e. The standard InChI is InChI=1S/C45H39N/c1-33(35-15-4-2-5-16-35)13-10-14-34-25-27-36(28-26-34)37-29-31-39(32-30-37)42-22-12-24-44(46-40-19-6-3-7-20-40)45(42)43-23-11-18-38-17-8-9-21-41(38)43/h2-9,11-12,15-33,46H,10,13-14H2,1H3/t33-/m0/s1. The van der Waals surface area contributed by atoms with Gasteiger partial charge in [-0.2, -0.15) is 0 Å². The largest absolute Gasteiger partial charge is 0.355 e. The fourth-order valence-electron chi connectivity index (χ4n) is 6.57. The third-order valence-corrected chi connectivity index (χ3v) is 9.13. The van der Waals surface area contributed by atoms with Crippen LogP contribution in [0.15, 0.2) is 170 Å². The van der Waals surface area contributed by atoms with Crippen molar-refractivity contribution in [2.45, 2.75) is 32.1 Å². The first-order valence-electron chi connectivity index (χ1n) is 16.4. The third-order valence-electron chi connectivity index (χ3n) is 9.13. The average Bonchev–Trinajstić information content (AvgIpc) is 3.12. The first kappa shape index (κ1) is 29.3. The lowest BCUT2D eigenvalue weighted by Crippen LogP contribution is -1.96. The predicted octanol–water partition coefficient (Wildman–Crippen LogP) is 12.7. The van der Waals surface area contributed by atoms with Crippen molar-refractivity contribution in [1.29, 1.82) is 0 Å². The van der Waals surface area contributed by atoms with Gasteiger partial charge in [-0.1, -0.05) is 159 Å². The van der Waals surface area contributed by atoms with Crippen LogP contribution in [-0.4, -0.2) is 0 Å². The van der Waals surface area contributed by atoms with Gasteiger partial charge in [-0.05, 0) is 93.1 Å². The van der Waals surface area contributed by atoms with Gasteiger partial charge in [0.1, 0.15) is 0 Å². The molecule has 1 nitrogen and oxygen atoms in total. The van der Waals surface area contributed by atoms with E-state index in [9.17, 15) is 0 Å². The molecule has 0 aliphatic heterocycles. The van der Waals surface area contributed by atoms with Gasteiger partial charge in [0.2, 0.25) is 0 Å². The number of aryl methyl sites for hydroxylation is 1. The summed E-state index contributed by atoms with van der Waals surface area (Å²) in [5.74, 6) is 0.593. The second-order valence-corrected chi connectivity index (χ2v) is 12.2. The molecule has 7 aromatic rings. The van der Waals surface area contributed by atoms with E-state index in [2.05, 4.69) is 182 Å². The maximum absolute atomic E-state index is 3.72. The Balaban J connectivity index is 1.15. The number of benzene rings is 7. The van der Waals surface area contributed by atoms with Crippen molar-refractivity contribution < 1.29 is 0 Å². The highest BCUT2D eigenvalue weighted by molar-refractivity contribution is 6.04. The molecule has 0 saturated heterocycles. The van der Waals surface area contributed by atoms with Crippen LogP contribution in [0.1, 0.15) is 36.8 Å². The van der Waals surface area contributed by atoms with Crippen molar-refractivity contribution >= 4 is 22.1 Å². The summed E-state index contributed by atoms with van der Waals surface area (Å²) in [6, 6.07) is 61.3. The van der Waals surface area contributed by atoms with Gasteiger partial charge >= 0.3 is 0 Å². The van der Waals surface area contributed by atoms with E-state index in [4.69, 9.17) is 0 Å². The topological polar surface area (TPSA) is 12.0 Å². The molecule has 0 spiro atoms. The molecular formula is C45H39N. The van der Waals surface area contributed by atoms with Gasteiger partial charge in [0, 0.05) is 16.9 Å². The molecule has 0 radical (unpaired) electrons. The molecular weight excluding hydrogens is 555 g/mol. The molecule has 0 aliphatic carbocycles. The van der Waals surface area contributed by atoms with E-state index in [1.54, 1.807) is 0 Å². The highest BCUT2D eigenvalue weighted by Crippen LogP contribution is 2.42. The summed E-state index contributed by atoms with van der Waals surface area (Å²) in [6.07, 6.45) is 3.51. The smallest absolute Gasteiger partial charge is 0.0470 e. The number of anilines is 2. The Kier molecular flexibility index (Phi) is 8.74. The molecule has 0 aromatic heterocycles. The van der Waals surface area contributed by atoms with Crippen LogP contribution >= 0.6 is 0 Å². The fraction of sp³-hybridized carbons (Fsp3) is 0.111. The lowest BCUT2D eigenvalue weighted by Gasteiger charge is -2.19. The van der Waals surface area contributed by atoms with Crippen LogP contribution in [0.5, 0.6) is 0 Å². The average molecular weight is 594 g/mol. The molecule has 0 unspecified atom stereocenters. The Bertz CT molecular complexity index is 2020. The maximum atomic E-state index is 3.72. The Morgan fingerprint density at radius 3 is 1.85 bits per heavy atom.